The summed E-state index contributed by atoms with van der Waals surface area (Å²) in [7, 11) is 2.00. The number of carbonyl (C=O) groups is 1. The first kappa shape index (κ1) is 13.1. The Hall–Kier alpha value is -1.39. The van der Waals surface area contributed by atoms with Gasteiger partial charge in [0.05, 0.1) is 6.04 Å². The Balaban J connectivity index is 2.26. The van der Waals surface area contributed by atoms with Gasteiger partial charge < -0.3 is 10.6 Å². The molecule has 1 saturated heterocycles. The first-order valence-corrected chi connectivity index (χ1v) is 6.43. The Morgan fingerprint density at radius 1 is 1.33 bits per heavy atom. The first-order chi connectivity index (χ1) is 8.65. The van der Waals surface area contributed by atoms with E-state index in [0.29, 0.717) is 13.0 Å². The van der Waals surface area contributed by atoms with Crippen molar-refractivity contribution >= 4 is 11.6 Å². The molecular formula is C14H21N3O. The van der Waals surface area contributed by atoms with E-state index in [1.807, 2.05) is 42.3 Å². The van der Waals surface area contributed by atoms with Crippen LogP contribution in [0.1, 0.15) is 13.3 Å². The molecule has 0 radical (unpaired) electrons. The molecule has 2 atom stereocenters. The predicted molar refractivity (Wildman–Crippen MR) is 73.5 cm³/mol. The fraction of sp³-hybridized carbons (Fsp3) is 0.500. The number of amides is 1. The van der Waals surface area contributed by atoms with Crippen LogP contribution >= 0.6 is 0 Å². The maximum Gasteiger partial charge on any atom is 0.244 e. The number of piperazine rings is 1. The Labute approximate surface area is 108 Å². The minimum Gasteiger partial charge on any atom is -0.330 e. The van der Waals surface area contributed by atoms with Crippen molar-refractivity contribution in [2.24, 2.45) is 5.73 Å². The summed E-state index contributed by atoms with van der Waals surface area (Å²) in [5.74, 6) is 0.160. The molecule has 0 spiro atoms. The van der Waals surface area contributed by atoms with E-state index in [4.69, 9.17) is 5.73 Å². The predicted octanol–water partition coefficient (Wildman–Crippen LogP) is 1.07. The number of para-hydroxylation sites is 1. The van der Waals surface area contributed by atoms with Gasteiger partial charge in [0.2, 0.25) is 5.91 Å². The highest BCUT2D eigenvalue weighted by atomic mass is 16.2. The normalized spacial score (nSPS) is 25.5. The second-order valence-electron chi connectivity index (χ2n) is 4.93. The summed E-state index contributed by atoms with van der Waals surface area (Å²) < 4.78 is 0. The van der Waals surface area contributed by atoms with Crippen molar-refractivity contribution in [3.05, 3.63) is 30.3 Å². The van der Waals surface area contributed by atoms with Crippen molar-refractivity contribution in [2.75, 3.05) is 25.0 Å². The van der Waals surface area contributed by atoms with E-state index in [1.54, 1.807) is 0 Å². The van der Waals surface area contributed by atoms with Crippen LogP contribution in [0.2, 0.25) is 0 Å². The molecule has 0 bridgehead atoms. The van der Waals surface area contributed by atoms with Crippen LogP contribution in [0.4, 0.5) is 5.69 Å². The van der Waals surface area contributed by atoms with Gasteiger partial charge in [-0.15, -0.1) is 0 Å². The third kappa shape index (κ3) is 2.40. The van der Waals surface area contributed by atoms with E-state index in [1.165, 1.54) is 0 Å². The van der Waals surface area contributed by atoms with Crippen LogP contribution in [-0.2, 0) is 4.79 Å². The Bertz CT molecular complexity index is 407. The summed E-state index contributed by atoms with van der Waals surface area (Å²) in [4.78, 5) is 16.6. The third-order valence-corrected chi connectivity index (χ3v) is 3.52. The molecular weight excluding hydrogens is 226 g/mol. The lowest BCUT2D eigenvalue weighted by Crippen LogP contribution is -2.60. The Kier molecular flexibility index (Phi) is 3.99. The minimum atomic E-state index is -0.0913. The van der Waals surface area contributed by atoms with Gasteiger partial charge in [-0.1, -0.05) is 18.2 Å². The third-order valence-electron chi connectivity index (χ3n) is 3.52. The smallest absolute Gasteiger partial charge is 0.244 e. The molecule has 18 heavy (non-hydrogen) atoms. The van der Waals surface area contributed by atoms with Gasteiger partial charge in [-0.25, -0.2) is 0 Å². The lowest BCUT2D eigenvalue weighted by Gasteiger charge is -2.43. The molecule has 4 heteroatoms. The molecule has 1 fully saturated rings. The molecule has 0 saturated carbocycles. The topological polar surface area (TPSA) is 49.6 Å². The number of nitrogens with two attached hydrogens (primary N) is 1. The summed E-state index contributed by atoms with van der Waals surface area (Å²) in [5.41, 5.74) is 6.58. The van der Waals surface area contributed by atoms with Crippen LogP contribution in [0.15, 0.2) is 30.3 Å². The summed E-state index contributed by atoms with van der Waals surface area (Å²) in [6.07, 6.45) is 0.714. The van der Waals surface area contributed by atoms with Gasteiger partial charge in [-0.05, 0) is 39.1 Å². The molecule has 98 valence electrons. The number of hydrogen-bond acceptors (Lipinski definition) is 3. The average molecular weight is 247 g/mol. The maximum atomic E-state index is 12.6. The van der Waals surface area contributed by atoms with E-state index in [2.05, 4.69) is 11.8 Å². The first-order valence-electron chi connectivity index (χ1n) is 6.43. The molecule has 0 aliphatic carbocycles. The Morgan fingerprint density at radius 3 is 2.61 bits per heavy atom. The number of hydrogen-bond donors (Lipinski definition) is 1. The lowest BCUT2D eigenvalue weighted by molar-refractivity contribution is -0.126. The van der Waals surface area contributed by atoms with E-state index in [-0.39, 0.29) is 18.0 Å². The second-order valence-corrected chi connectivity index (χ2v) is 4.93. The van der Waals surface area contributed by atoms with Gasteiger partial charge in [-0.3, -0.25) is 9.69 Å². The lowest BCUT2D eigenvalue weighted by atomic mass is 10.0. The highest BCUT2D eigenvalue weighted by Gasteiger charge is 2.36. The Morgan fingerprint density at radius 2 is 2.00 bits per heavy atom. The number of anilines is 1. The molecule has 1 heterocycles. The summed E-state index contributed by atoms with van der Waals surface area (Å²) in [6.45, 7) is 3.50. The van der Waals surface area contributed by atoms with Crippen LogP contribution in [0, 0.1) is 0 Å². The summed E-state index contributed by atoms with van der Waals surface area (Å²) in [5, 5.41) is 0. The number of benzene rings is 1. The molecule has 1 aliphatic heterocycles. The quantitative estimate of drug-likeness (QED) is 0.869. The molecule has 2 unspecified atom stereocenters. The molecule has 4 nitrogen and oxygen atoms in total. The van der Waals surface area contributed by atoms with E-state index in [0.717, 1.165) is 12.2 Å². The second kappa shape index (κ2) is 5.50. The van der Waals surface area contributed by atoms with Crippen LogP contribution in [-0.4, -0.2) is 43.0 Å². The molecule has 2 rings (SSSR count). The number of rotatable bonds is 3. The summed E-state index contributed by atoms with van der Waals surface area (Å²) >= 11 is 0. The van der Waals surface area contributed by atoms with E-state index >= 15 is 0 Å². The van der Waals surface area contributed by atoms with Gasteiger partial charge in [0.15, 0.2) is 0 Å². The standard InChI is InChI=1S/C14H21N3O/c1-11-10-16(2)13(8-9-15)14(18)17(11)12-6-4-3-5-7-12/h3-7,11,13H,8-10,15H2,1-2H3. The van der Waals surface area contributed by atoms with Crippen molar-refractivity contribution in [3.63, 3.8) is 0 Å². The van der Waals surface area contributed by atoms with Gasteiger partial charge >= 0.3 is 0 Å². The minimum absolute atomic E-state index is 0.0913. The summed E-state index contributed by atoms with van der Waals surface area (Å²) in [6, 6.07) is 9.96. The fourth-order valence-corrected chi connectivity index (χ4v) is 2.66. The fourth-order valence-electron chi connectivity index (χ4n) is 2.66. The van der Waals surface area contributed by atoms with Crippen LogP contribution in [0.5, 0.6) is 0 Å². The van der Waals surface area contributed by atoms with Gasteiger partial charge in [0.25, 0.3) is 0 Å². The molecule has 1 aromatic rings. The van der Waals surface area contributed by atoms with Crippen molar-refractivity contribution in [1.82, 2.24) is 4.90 Å². The van der Waals surface area contributed by atoms with Gasteiger partial charge in [-0.2, -0.15) is 0 Å². The zero-order chi connectivity index (χ0) is 13.1. The van der Waals surface area contributed by atoms with E-state index in [9.17, 15) is 4.79 Å². The van der Waals surface area contributed by atoms with Gasteiger partial charge in [0.1, 0.15) is 0 Å². The van der Waals surface area contributed by atoms with Crippen molar-refractivity contribution in [1.29, 1.82) is 0 Å². The average Bonchev–Trinajstić information content (AvgIpc) is 2.35. The monoisotopic (exact) mass is 247 g/mol. The number of nitrogens with zero attached hydrogens (tertiary/aromatic N) is 2. The molecule has 2 N–H and O–H groups in total. The van der Waals surface area contributed by atoms with Gasteiger partial charge in [0, 0.05) is 18.3 Å². The largest absolute Gasteiger partial charge is 0.330 e. The van der Waals surface area contributed by atoms with Crippen LogP contribution in [0.25, 0.3) is 0 Å². The van der Waals surface area contributed by atoms with Crippen molar-refractivity contribution < 1.29 is 4.79 Å². The number of likely N-dealkylation sites (N-methyl/N-ethyl adjacent to an activating group) is 1. The zero-order valence-electron chi connectivity index (χ0n) is 11.0. The van der Waals surface area contributed by atoms with Crippen LogP contribution < -0.4 is 10.6 Å². The molecule has 0 aromatic heterocycles. The zero-order valence-corrected chi connectivity index (χ0v) is 11.0. The van der Waals surface area contributed by atoms with Crippen LogP contribution in [0.3, 0.4) is 0 Å². The van der Waals surface area contributed by atoms with Crippen molar-refractivity contribution in [3.8, 4) is 0 Å². The van der Waals surface area contributed by atoms with E-state index < -0.39 is 0 Å². The highest BCUT2D eigenvalue weighted by Crippen LogP contribution is 2.24. The molecule has 1 amide bonds. The highest BCUT2D eigenvalue weighted by molar-refractivity contribution is 5.98. The maximum absolute atomic E-state index is 12.6. The SMILES string of the molecule is CC1CN(C)C(CCN)C(=O)N1c1ccccc1. The van der Waals surface area contributed by atoms with Crippen molar-refractivity contribution in [2.45, 2.75) is 25.4 Å². The molecule has 1 aliphatic rings. The number of carbonyl (C=O) groups excluding carboxylic acids is 1. The molecule has 1 aromatic carbocycles.